The molecule has 1 aliphatic heterocycles. The van der Waals surface area contributed by atoms with E-state index in [1.165, 1.54) is 0 Å². The molecule has 0 spiro atoms. The summed E-state index contributed by atoms with van der Waals surface area (Å²) in [5.41, 5.74) is 7.52. The zero-order valence-electron chi connectivity index (χ0n) is 10.9. The van der Waals surface area contributed by atoms with E-state index >= 15 is 0 Å². The summed E-state index contributed by atoms with van der Waals surface area (Å²) in [5, 5.41) is 0. The number of halogens is 4. The Morgan fingerprint density at radius 1 is 1.43 bits per heavy atom. The van der Waals surface area contributed by atoms with Crippen molar-refractivity contribution in [3.8, 4) is 0 Å². The predicted molar refractivity (Wildman–Crippen MR) is 72.0 cm³/mol. The number of hydrogen-bond acceptors (Lipinski definition) is 4. The molecule has 0 saturated heterocycles. The molecule has 0 saturated carbocycles. The molecule has 1 amide bonds. The maximum Gasteiger partial charge on any atom is 0.310 e. The van der Waals surface area contributed by atoms with Crippen LogP contribution in [0.5, 0.6) is 0 Å². The van der Waals surface area contributed by atoms with Crippen LogP contribution in [-0.4, -0.2) is 24.5 Å². The summed E-state index contributed by atoms with van der Waals surface area (Å²) in [6, 6.07) is 2.48. The summed E-state index contributed by atoms with van der Waals surface area (Å²) in [4.78, 5) is 14.6. The quantitative estimate of drug-likeness (QED) is 0.865. The molecule has 0 unspecified atom stereocenters. The summed E-state index contributed by atoms with van der Waals surface area (Å²) < 4.78 is 46.5. The molecule has 1 aromatic carbocycles. The topological polar surface area (TPSA) is 90.7 Å². The fourth-order valence-electron chi connectivity index (χ4n) is 1.95. The number of aliphatic imine (C=N–C) groups is 1. The van der Waals surface area contributed by atoms with Crippen molar-refractivity contribution in [1.29, 1.82) is 0 Å². The van der Waals surface area contributed by atoms with Crippen LogP contribution in [0.4, 0.5) is 13.2 Å². The monoisotopic (exact) mass is 323 g/mol. The van der Waals surface area contributed by atoms with E-state index in [9.17, 15) is 18.0 Å². The van der Waals surface area contributed by atoms with Crippen molar-refractivity contribution in [2.45, 2.75) is 18.4 Å². The van der Waals surface area contributed by atoms with Gasteiger partial charge in [0.2, 0.25) is 5.91 Å². The van der Waals surface area contributed by atoms with Crippen LogP contribution in [0.15, 0.2) is 23.2 Å². The van der Waals surface area contributed by atoms with Crippen LogP contribution in [-0.2, 0) is 10.3 Å². The number of carbonyl (C=O) groups excluding carboxylic acids is 1. The Balaban J connectivity index is 0.00000220. The van der Waals surface area contributed by atoms with E-state index in [4.69, 9.17) is 11.5 Å². The third-order valence-corrected chi connectivity index (χ3v) is 3.22. The number of nitrogens with two attached hydrogens (primary N) is 2. The number of benzene rings is 1. The molecule has 0 aromatic heterocycles. The van der Waals surface area contributed by atoms with Gasteiger partial charge in [0.05, 0.1) is 0 Å². The number of hydrogen-bond donors (Lipinski definition) is 2. The minimum absolute atomic E-state index is 0. The Kier molecular flexibility index (Phi) is 4.43. The highest BCUT2D eigenvalue weighted by atomic mass is 35.5. The molecule has 4 N–H and O–H groups in total. The average molecular weight is 324 g/mol. The van der Waals surface area contributed by atoms with Gasteiger partial charge >= 0.3 is 5.92 Å². The highest BCUT2D eigenvalue weighted by molar-refractivity contribution is 5.93. The first kappa shape index (κ1) is 17.1. The van der Waals surface area contributed by atoms with Crippen LogP contribution in [0.3, 0.4) is 0 Å². The smallest absolute Gasteiger partial charge is 0.310 e. The Morgan fingerprint density at radius 2 is 2.05 bits per heavy atom. The molecule has 9 heteroatoms. The van der Waals surface area contributed by atoms with E-state index in [2.05, 4.69) is 9.73 Å². The van der Waals surface area contributed by atoms with Gasteiger partial charge in [-0.05, 0) is 25.1 Å². The first-order valence-electron chi connectivity index (χ1n) is 5.63. The zero-order chi connectivity index (χ0) is 15.1. The van der Waals surface area contributed by atoms with Crippen molar-refractivity contribution < 1.29 is 22.7 Å². The number of primary amides is 1. The number of nitrogens with zero attached hydrogens (tertiary/aromatic N) is 1. The Labute approximate surface area is 124 Å². The molecule has 1 atom stereocenters. The first-order chi connectivity index (χ1) is 9.17. The average Bonchev–Trinajstić information content (AvgIpc) is 2.35. The van der Waals surface area contributed by atoms with Crippen molar-refractivity contribution in [1.82, 2.24) is 0 Å². The van der Waals surface area contributed by atoms with Gasteiger partial charge in [-0.15, -0.1) is 12.4 Å². The normalized spacial score (nSPS) is 23.5. The molecule has 1 aromatic rings. The van der Waals surface area contributed by atoms with E-state index in [-0.39, 0.29) is 18.0 Å². The van der Waals surface area contributed by atoms with E-state index in [1.807, 2.05) is 0 Å². The fourth-order valence-corrected chi connectivity index (χ4v) is 1.95. The van der Waals surface area contributed by atoms with Crippen LogP contribution in [0, 0.1) is 5.82 Å². The standard InChI is InChI=1S/C12H12F3N3O2.ClH/c1-11(12(14,15)5-20-10(17)18-11)7-4-6(9(16)19)2-3-8(7)13;/h2-4H,5H2,1H3,(H2,16,19)(H2,17,18);1H/t11-;/m1./s1. The minimum atomic E-state index is -3.49. The first-order valence-corrected chi connectivity index (χ1v) is 5.63. The fraction of sp³-hybridized carbons (Fsp3) is 0.333. The lowest BCUT2D eigenvalue weighted by Crippen LogP contribution is -2.51. The maximum absolute atomic E-state index is 14.1. The summed E-state index contributed by atoms with van der Waals surface area (Å²) >= 11 is 0. The summed E-state index contributed by atoms with van der Waals surface area (Å²) in [6.45, 7) is -0.00929. The second kappa shape index (κ2) is 5.44. The highest BCUT2D eigenvalue weighted by Gasteiger charge is 2.56. The van der Waals surface area contributed by atoms with Gasteiger partial charge in [-0.2, -0.15) is 8.78 Å². The van der Waals surface area contributed by atoms with Crippen LogP contribution in [0.1, 0.15) is 22.8 Å². The van der Waals surface area contributed by atoms with Crippen molar-refractivity contribution >= 4 is 24.3 Å². The number of rotatable bonds is 2. The molecule has 0 fully saturated rings. The highest BCUT2D eigenvalue weighted by Crippen LogP contribution is 2.44. The van der Waals surface area contributed by atoms with Crippen LogP contribution in [0.2, 0.25) is 0 Å². The minimum Gasteiger partial charge on any atom is -0.459 e. The number of amidine groups is 1. The zero-order valence-corrected chi connectivity index (χ0v) is 11.7. The second-order valence-electron chi connectivity index (χ2n) is 4.57. The molecule has 0 radical (unpaired) electrons. The Morgan fingerprint density at radius 3 is 2.62 bits per heavy atom. The van der Waals surface area contributed by atoms with Crippen molar-refractivity contribution in [3.63, 3.8) is 0 Å². The lowest BCUT2D eigenvalue weighted by molar-refractivity contribution is -0.117. The molecule has 116 valence electrons. The van der Waals surface area contributed by atoms with Gasteiger partial charge in [-0.3, -0.25) is 4.79 Å². The Hall–Kier alpha value is -1.96. The summed E-state index contributed by atoms with van der Waals surface area (Å²) in [6.07, 6.45) is 0. The van der Waals surface area contributed by atoms with Gasteiger partial charge in [-0.25, -0.2) is 9.38 Å². The summed E-state index contributed by atoms with van der Waals surface area (Å²) in [5.74, 6) is -5.29. The molecule has 21 heavy (non-hydrogen) atoms. The third-order valence-electron chi connectivity index (χ3n) is 3.22. The molecule has 0 bridgehead atoms. The van der Waals surface area contributed by atoms with Gasteiger partial charge < -0.3 is 16.2 Å². The van der Waals surface area contributed by atoms with Crippen LogP contribution in [0.25, 0.3) is 0 Å². The molecule has 1 heterocycles. The van der Waals surface area contributed by atoms with Gasteiger partial charge in [0.15, 0.2) is 12.1 Å². The molecule has 2 rings (SSSR count). The maximum atomic E-state index is 14.1. The largest absolute Gasteiger partial charge is 0.459 e. The predicted octanol–water partition coefficient (Wildman–Crippen LogP) is 1.54. The summed E-state index contributed by atoms with van der Waals surface area (Å²) in [7, 11) is 0. The molecule has 5 nitrogen and oxygen atoms in total. The second-order valence-corrected chi connectivity index (χ2v) is 4.57. The number of alkyl halides is 2. The van der Waals surface area contributed by atoms with E-state index in [0.717, 1.165) is 25.1 Å². The molecular formula is C12H13ClF3N3O2. The van der Waals surface area contributed by atoms with Crippen molar-refractivity contribution in [2.75, 3.05) is 6.61 Å². The van der Waals surface area contributed by atoms with Gasteiger partial charge in [0.1, 0.15) is 5.82 Å². The molecule has 0 aliphatic carbocycles. The van der Waals surface area contributed by atoms with Crippen LogP contribution >= 0.6 is 12.4 Å². The van der Waals surface area contributed by atoms with Gasteiger partial charge in [0, 0.05) is 11.1 Å². The van der Waals surface area contributed by atoms with E-state index in [0.29, 0.717) is 0 Å². The van der Waals surface area contributed by atoms with Crippen LogP contribution < -0.4 is 11.5 Å². The Bertz CT molecular complexity index is 609. The number of carbonyl (C=O) groups is 1. The lowest BCUT2D eigenvalue weighted by atomic mass is 9.84. The van der Waals surface area contributed by atoms with Gasteiger partial charge in [0.25, 0.3) is 6.02 Å². The lowest BCUT2D eigenvalue weighted by Gasteiger charge is -2.37. The van der Waals surface area contributed by atoms with Crippen molar-refractivity contribution in [3.05, 3.63) is 35.1 Å². The SMILES string of the molecule is C[C@]1(c2cc(C(N)=O)ccc2F)N=C(N)OCC1(F)F.Cl. The van der Waals surface area contributed by atoms with Crippen molar-refractivity contribution in [2.24, 2.45) is 16.5 Å². The molecular weight excluding hydrogens is 311 g/mol. The number of amides is 1. The van der Waals surface area contributed by atoms with E-state index in [1.54, 1.807) is 0 Å². The molecule has 1 aliphatic rings. The number of ether oxygens (including phenoxy) is 1. The third kappa shape index (κ3) is 2.76. The van der Waals surface area contributed by atoms with Gasteiger partial charge in [-0.1, -0.05) is 0 Å². The van der Waals surface area contributed by atoms with E-state index < -0.39 is 41.4 Å².